The number of anilines is 1. The number of carbonyl (C=O) groups excluding carboxylic acids is 2. The predicted octanol–water partition coefficient (Wildman–Crippen LogP) is 3.05. The Morgan fingerprint density at radius 1 is 0.964 bits per heavy atom. The topological polar surface area (TPSA) is 70.7 Å². The first-order chi connectivity index (χ1) is 13.7. The zero-order chi connectivity index (χ0) is 19.3. The van der Waals surface area contributed by atoms with Crippen LogP contribution in [0.15, 0.2) is 54.6 Å². The smallest absolute Gasteiger partial charge is 0.321 e. The van der Waals surface area contributed by atoms with Crippen LogP contribution in [-0.4, -0.2) is 42.6 Å². The van der Waals surface area contributed by atoms with Crippen LogP contribution in [-0.2, 0) is 11.2 Å². The fraction of sp³-hybridized carbons (Fsp3) is 0.364. The third-order valence-corrected chi connectivity index (χ3v) is 5.40. The molecule has 1 unspecified atom stereocenters. The number of urea groups is 1. The van der Waals surface area contributed by atoms with Crippen molar-refractivity contribution >= 4 is 17.6 Å². The Bertz CT molecular complexity index is 832. The Balaban J connectivity index is 1.24. The standard InChI is InChI=1S/C22H25N3O3/c26-21(17-14-16-6-4-5-9-20(16)28-15-17)23-19-10-12-25(13-11-19)22(27)24-18-7-2-1-3-8-18/h1-9,17,19H,10-15H2,(H,23,26)(H,24,27). The summed E-state index contributed by atoms with van der Waals surface area (Å²) in [5.41, 5.74) is 1.88. The molecule has 1 fully saturated rings. The monoisotopic (exact) mass is 379 g/mol. The molecule has 1 saturated heterocycles. The SMILES string of the molecule is O=C(NC1CCN(C(=O)Nc2ccccc2)CC1)C1COc2ccccc2C1. The Morgan fingerprint density at radius 3 is 2.46 bits per heavy atom. The highest BCUT2D eigenvalue weighted by Gasteiger charge is 2.29. The van der Waals surface area contributed by atoms with Crippen LogP contribution in [0.25, 0.3) is 0 Å². The maximum absolute atomic E-state index is 12.6. The number of carbonyl (C=O) groups is 2. The molecule has 2 aliphatic heterocycles. The van der Waals surface area contributed by atoms with Gasteiger partial charge in [0.05, 0.1) is 5.92 Å². The lowest BCUT2D eigenvalue weighted by molar-refractivity contribution is -0.127. The van der Waals surface area contributed by atoms with Crippen molar-refractivity contribution < 1.29 is 14.3 Å². The second kappa shape index (κ2) is 8.33. The normalized spacial score (nSPS) is 19.3. The van der Waals surface area contributed by atoms with Gasteiger partial charge in [-0.2, -0.15) is 0 Å². The third kappa shape index (κ3) is 4.27. The van der Waals surface area contributed by atoms with Gasteiger partial charge < -0.3 is 20.3 Å². The van der Waals surface area contributed by atoms with E-state index in [1.54, 1.807) is 4.90 Å². The first-order valence-electron chi connectivity index (χ1n) is 9.81. The summed E-state index contributed by atoms with van der Waals surface area (Å²) in [4.78, 5) is 26.8. The molecule has 0 spiro atoms. The van der Waals surface area contributed by atoms with Gasteiger partial charge in [0.15, 0.2) is 0 Å². The van der Waals surface area contributed by atoms with Crippen LogP contribution in [0.4, 0.5) is 10.5 Å². The van der Waals surface area contributed by atoms with E-state index in [4.69, 9.17) is 4.74 Å². The highest BCUT2D eigenvalue weighted by atomic mass is 16.5. The zero-order valence-corrected chi connectivity index (χ0v) is 15.8. The van der Waals surface area contributed by atoms with E-state index in [0.29, 0.717) is 26.1 Å². The lowest BCUT2D eigenvalue weighted by Gasteiger charge is -2.33. The highest BCUT2D eigenvalue weighted by molar-refractivity contribution is 5.89. The first kappa shape index (κ1) is 18.3. The minimum absolute atomic E-state index is 0.0432. The first-order valence-corrected chi connectivity index (χ1v) is 9.81. The van der Waals surface area contributed by atoms with Gasteiger partial charge in [-0.15, -0.1) is 0 Å². The molecule has 2 aromatic carbocycles. The second-order valence-electron chi connectivity index (χ2n) is 7.39. The zero-order valence-electron chi connectivity index (χ0n) is 15.8. The van der Waals surface area contributed by atoms with E-state index in [-0.39, 0.29) is 23.9 Å². The Morgan fingerprint density at radius 2 is 1.68 bits per heavy atom. The maximum atomic E-state index is 12.6. The molecule has 0 bridgehead atoms. The average molecular weight is 379 g/mol. The van der Waals surface area contributed by atoms with E-state index < -0.39 is 0 Å². The van der Waals surface area contributed by atoms with E-state index in [9.17, 15) is 9.59 Å². The number of ether oxygens (including phenoxy) is 1. The fourth-order valence-electron chi connectivity index (χ4n) is 3.77. The van der Waals surface area contributed by atoms with Gasteiger partial charge in [-0.05, 0) is 43.0 Å². The van der Waals surface area contributed by atoms with Crippen LogP contribution >= 0.6 is 0 Å². The minimum Gasteiger partial charge on any atom is -0.492 e. The van der Waals surface area contributed by atoms with Gasteiger partial charge in [-0.1, -0.05) is 36.4 Å². The van der Waals surface area contributed by atoms with Crippen molar-refractivity contribution in [1.82, 2.24) is 10.2 Å². The molecule has 1 atom stereocenters. The molecule has 2 N–H and O–H groups in total. The van der Waals surface area contributed by atoms with Crippen molar-refractivity contribution in [3.8, 4) is 5.75 Å². The number of para-hydroxylation sites is 2. The molecule has 0 saturated carbocycles. The molecular formula is C22H25N3O3. The molecule has 4 rings (SSSR count). The Hall–Kier alpha value is -3.02. The number of benzene rings is 2. The van der Waals surface area contributed by atoms with Gasteiger partial charge >= 0.3 is 6.03 Å². The fourth-order valence-corrected chi connectivity index (χ4v) is 3.77. The van der Waals surface area contributed by atoms with Gasteiger partial charge in [-0.3, -0.25) is 4.79 Å². The van der Waals surface area contributed by atoms with Gasteiger partial charge in [0.2, 0.25) is 5.91 Å². The second-order valence-corrected chi connectivity index (χ2v) is 7.39. The molecular weight excluding hydrogens is 354 g/mol. The summed E-state index contributed by atoms with van der Waals surface area (Å²) in [6.07, 6.45) is 2.23. The van der Waals surface area contributed by atoms with E-state index >= 15 is 0 Å². The number of likely N-dealkylation sites (tertiary alicyclic amines) is 1. The summed E-state index contributed by atoms with van der Waals surface area (Å²) in [6, 6.07) is 17.3. The van der Waals surface area contributed by atoms with E-state index in [0.717, 1.165) is 29.8 Å². The number of piperidine rings is 1. The largest absolute Gasteiger partial charge is 0.492 e. The molecule has 28 heavy (non-hydrogen) atoms. The Labute approximate surface area is 164 Å². The summed E-state index contributed by atoms with van der Waals surface area (Å²) >= 11 is 0. The molecule has 2 aromatic rings. The predicted molar refractivity (Wildman–Crippen MR) is 107 cm³/mol. The van der Waals surface area contributed by atoms with E-state index in [1.807, 2.05) is 54.6 Å². The lowest BCUT2D eigenvalue weighted by Crippen LogP contribution is -2.49. The number of nitrogens with zero attached hydrogens (tertiary/aromatic N) is 1. The van der Waals surface area contributed by atoms with Crippen molar-refractivity contribution in [3.63, 3.8) is 0 Å². The molecule has 6 nitrogen and oxygen atoms in total. The number of hydrogen-bond donors (Lipinski definition) is 2. The molecule has 2 heterocycles. The lowest BCUT2D eigenvalue weighted by atomic mass is 9.95. The summed E-state index contributed by atoms with van der Waals surface area (Å²) in [5, 5.41) is 6.06. The number of hydrogen-bond acceptors (Lipinski definition) is 3. The maximum Gasteiger partial charge on any atom is 0.321 e. The summed E-state index contributed by atoms with van der Waals surface area (Å²) in [6.45, 7) is 1.68. The van der Waals surface area contributed by atoms with Gasteiger partial charge in [-0.25, -0.2) is 4.79 Å². The minimum atomic E-state index is -0.158. The molecule has 146 valence electrons. The molecule has 2 aliphatic rings. The number of fused-ring (bicyclic) bond motifs is 1. The number of rotatable bonds is 3. The van der Waals surface area contributed by atoms with Crippen molar-refractivity contribution in [3.05, 3.63) is 60.2 Å². The van der Waals surface area contributed by atoms with Crippen LogP contribution in [0.2, 0.25) is 0 Å². The van der Waals surface area contributed by atoms with Crippen LogP contribution in [0.5, 0.6) is 5.75 Å². The molecule has 3 amide bonds. The van der Waals surface area contributed by atoms with Gasteiger partial charge in [0, 0.05) is 24.8 Å². The summed E-state index contributed by atoms with van der Waals surface area (Å²) in [5.74, 6) is 0.764. The van der Waals surface area contributed by atoms with Crippen molar-refractivity contribution in [2.45, 2.75) is 25.3 Å². The van der Waals surface area contributed by atoms with Crippen LogP contribution in [0.1, 0.15) is 18.4 Å². The van der Waals surface area contributed by atoms with Crippen LogP contribution in [0, 0.1) is 5.92 Å². The number of nitrogens with one attached hydrogen (secondary N) is 2. The molecule has 0 radical (unpaired) electrons. The van der Waals surface area contributed by atoms with Gasteiger partial charge in [0.25, 0.3) is 0 Å². The third-order valence-electron chi connectivity index (χ3n) is 5.40. The molecule has 6 heteroatoms. The number of amides is 3. The van der Waals surface area contributed by atoms with Crippen molar-refractivity contribution in [2.24, 2.45) is 5.92 Å². The van der Waals surface area contributed by atoms with Crippen molar-refractivity contribution in [2.75, 3.05) is 25.0 Å². The quantitative estimate of drug-likeness (QED) is 0.861. The van der Waals surface area contributed by atoms with E-state index in [1.165, 1.54) is 0 Å². The molecule has 0 aromatic heterocycles. The average Bonchev–Trinajstić information content (AvgIpc) is 2.74. The molecule has 0 aliphatic carbocycles. The summed E-state index contributed by atoms with van der Waals surface area (Å²) < 4.78 is 5.73. The van der Waals surface area contributed by atoms with Gasteiger partial charge in [0.1, 0.15) is 12.4 Å². The van der Waals surface area contributed by atoms with E-state index in [2.05, 4.69) is 10.6 Å². The highest BCUT2D eigenvalue weighted by Crippen LogP contribution is 2.27. The summed E-state index contributed by atoms with van der Waals surface area (Å²) in [7, 11) is 0. The van der Waals surface area contributed by atoms with Crippen LogP contribution < -0.4 is 15.4 Å². The van der Waals surface area contributed by atoms with Crippen molar-refractivity contribution in [1.29, 1.82) is 0 Å². The van der Waals surface area contributed by atoms with Crippen LogP contribution in [0.3, 0.4) is 0 Å². The Kier molecular flexibility index (Phi) is 5.46.